The first kappa shape index (κ1) is 11.8. The summed E-state index contributed by atoms with van der Waals surface area (Å²) in [5.41, 5.74) is 1.19. The summed E-state index contributed by atoms with van der Waals surface area (Å²) in [4.78, 5) is 4.44. The van der Waals surface area contributed by atoms with Gasteiger partial charge in [0.25, 0.3) is 0 Å². The van der Waals surface area contributed by atoms with Gasteiger partial charge >= 0.3 is 0 Å². The highest BCUT2D eigenvalue weighted by Crippen LogP contribution is 2.34. The number of pyridine rings is 1. The van der Waals surface area contributed by atoms with Crippen LogP contribution >= 0.6 is 0 Å². The number of hydrogen-bond acceptors (Lipinski definition) is 2. The second-order valence-electron chi connectivity index (χ2n) is 4.93. The van der Waals surface area contributed by atoms with E-state index in [0.717, 1.165) is 6.42 Å². The van der Waals surface area contributed by atoms with Gasteiger partial charge in [0.15, 0.2) is 0 Å². The van der Waals surface area contributed by atoms with Crippen LogP contribution in [0.3, 0.4) is 0 Å². The lowest BCUT2D eigenvalue weighted by Gasteiger charge is -2.23. The summed E-state index contributed by atoms with van der Waals surface area (Å²) in [5.74, 6) is -0.184. The first-order valence-electron chi connectivity index (χ1n) is 5.74. The average molecular weight is 233 g/mol. The van der Waals surface area contributed by atoms with Gasteiger partial charge in [0.2, 0.25) is 0 Å². The van der Waals surface area contributed by atoms with Crippen molar-refractivity contribution in [1.82, 2.24) is 4.98 Å². The van der Waals surface area contributed by atoms with Crippen LogP contribution in [0.25, 0.3) is 10.9 Å². The fraction of sp³-hybridized carbons (Fsp3) is 0.357. The first-order chi connectivity index (χ1) is 7.94. The van der Waals surface area contributed by atoms with Crippen LogP contribution in [0.1, 0.15) is 32.9 Å². The molecule has 0 fully saturated rings. The lowest BCUT2D eigenvalue weighted by Crippen LogP contribution is -2.17. The van der Waals surface area contributed by atoms with Crippen molar-refractivity contribution in [3.8, 4) is 5.75 Å². The van der Waals surface area contributed by atoms with E-state index in [9.17, 15) is 9.50 Å². The predicted octanol–water partition coefficient (Wildman–Crippen LogP) is 3.77. The van der Waals surface area contributed by atoms with Gasteiger partial charge in [0.1, 0.15) is 11.6 Å². The van der Waals surface area contributed by atoms with Crippen molar-refractivity contribution in [3.05, 3.63) is 35.8 Å². The summed E-state index contributed by atoms with van der Waals surface area (Å²) in [6.45, 7) is 6.12. The van der Waals surface area contributed by atoms with Gasteiger partial charge in [-0.1, -0.05) is 20.8 Å². The van der Waals surface area contributed by atoms with Gasteiger partial charge in [0.05, 0.1) is 11.2 Å². The number of fused-ring (bicyclic) bond motifs is 1. The molecule has 2 nitrogen and oxygen atoms in total. The third-order valence-electron chi connectivity index (χ3n) is 3.28. The summed E-state index contributed by atoms with van der Waals surface area (Å²) < 4.78 is 13.1. The predicted molar refractivity (Wildman–Crippen MR) is 66.7 cm³/mol. The molecule has 0 saturated carbocycles. The number of rotatable bonds is 2. The van der Waals surface area contributed by atoms with Crippen LogP contribution in [0.5, 0.6) is 5.75 Å². The molecule has 0 bridgehead atoms. The van der Waals surface area contributed by atoms with Gasteiger partial charge in [-0.25, -0.2) is 9.37 Å². The summed E-state index contributed by atoms with van der Waals surface area (Å²) in [6, 6.07) is 5.98. The van der Waals surface area contributed by atoms with Gasteiger partial charge in [-0.05, 0) is 30.7 Å². The highest BCUT2D eigenvalue weighted by molar-refractivity contribution is 5.80. The first-order valence-corrected chi connectivity index (χ1v) is 5.74. The van der Waals surface area contributed by atoms with E-state index < -0.39 is 0 Å². The Hall–Kier alpha value is -1.64. The van der Waals surface area contributed by atoms with Crippen LogP contribution < -0.4 is 0 Å². The van der Waals surface area contributed by atoms with Crippen molar-refractivity contribution in [1.29, 1.82) is 0 Å². The van der Waals surface area contributed by atoms with Crippen molar-refractivity contribution in [3.63, 3.8) is 0 Å². The van der Waals surface area contributed by atoms with E-state index in [0.29, 0.717) is 16.6 Å². The van der Waals surface area contributed by atoms with Crippen LogP contribution in [0.15, 0.2) is 24.3 Å². The molecule has 1 heterocycles. The van der Waals surface area contributed by atoms with Gasteiger partial charge < -0.3 is 5.11 Å². The molecule has 0 atom stereocenters. The van der Waals surface area contributed by atoms with Crippen molar-refractivity contribution < 1.29 is 9.50 Å². The molecule has 0 aliphatic rings. The standard InChI is InChI=1S/C14H16FNO/c1-4-14(2,3)13-12(17)8-9-7-10(15)5-6-11(9)16-13/h5-8,17H,4H2,1-3H3. The normalized spacial score (nSPS) is 12.0. The molecule has 0 amide bonds. The molecule has 0 unspecified atom stereocenters. The van der Waals surface area contributed by atoms with Crippen LogP contribution in [-0.2, 0) is 5.41 Å². The number of halogens is 1. The third-order valence-corrected chi connectivity index (χ3v) is 3.28. The van der Waals surface area contributed by atoms with E-state index >= 15 is 0 Å². The lowest BCUT2D eigenvalue weighted by molar-refractivity contribution is 0.419. The molecule has 90 valence electrons. The minimum absolute atomic E-state index is 0.134. The monoisotopic (exact) mass is 233 g/mol. The molecule has 2 aromatic rings. The van der Waals surface area contributed by atoms with Crippen molar-refractivity contribution >= 4 is 10.9 Å². The largest absolute Gasteiger partial charge is 0.506 e. The Bertz CT molecular complexity index is 563. The fourth-order valence-corrected chi connectivity index (χ4v) is 1.80. The van der Waals surface area contributed by atoms with Crippen molar-refractivity contribution in [2.24, 2.45) is 0 Å². The molecule has 3 heteroatoms. The Morgan fingerprint density at radius 2 is 2.00 bits per heavy atom. The van der Waals surface area contributed by atoms with Crippen LogP contribution in [0.2, 0.25) is 0 Å². The van der Waals surface area contributed by atoms with Gasteiger partial charge in [-0.2, -0.15) is 0 Å². The van der Waals surface area contributed by atoms with E-state index in [1.807, 2.05) is 13.8 Å². The van der Waals surface area contributed by atoms with Crippen LogP contribution in [0.4, 0.5) is 4.39 Å². The van der Waals surface area contributed by atoms with E-state index in [2.05, 4.69) is 11.9 Å². The Kier molecular flexibility index (Phi) is 2.77. The van der Waals surface area contributed by atoms with Gasteiger partial charge in [-0.15, -0.1) is 0 Å². The Labute approximate surface area is 100 Å². The average Bonchev–Trinajstić information content (AvgIpc) is 2.27. The highest BCUT2D eigenvalue weighted by atomic mass is 19.1. The maximum atomic E-state index is 13.1. The number of aromatic nitrogens is 1. The zero-order chi connectivity index (χ0) is 12.6. The third kappa shape index (κ3) is 2.09. The molecular formula is C14H16FNO. The Morgan fingerprint density at radius 3 is 2.65 bits per heavy atom. The van der Waals surface area contributed by atoms with Crippen LogP contribution in [-0.4, -0.2) is 10.1 Å². The van der Waals surface area contributed by atoms with E-state index in [1.54, 1.807) is 12.1 Å². The summed E-state index contributed by atoms with van der Waals surface area (Å²) in [6.07, 6.45) is 0.875. The smallest absolute Gasteiger partial charge is 0.138 e. The molecule has 1 N–H and O–H groups in total. The second-order valence-corrected chi connectivity index (χ2v) is 4.93. The van der Waals surface area contributed by atoms with Crippen LogP contribution in [0, 0.1) is 5.82 Å². The fourth-order valence-electron chi connectivity index (χ4n) is 1.80. The zero-order valence-corrected chi connectivity index (χ0v) is 10.3. The van der Waals surface area contributed by atoms with E-state index in [4.69, 9.17) is 0 Å². The second kappa shape index (κ2) is 3.99. The zero-order valence-electron chi connectivity index (χ0n) is 10.3. The van der Waals surface area contributed by atoms with Crippen molar-refractivity contribution in [2.75, 3.05) is 0 Å². The van der Waals surface area contributed by atoms with E-state index in [1.165, 1.54) is 12.1 Å². The van der Waals surface area contributed by atoms with Gasteiger partial charge in [0, 0.05) is 10.8 Å². The molecule has 0 saturated heterocycles. The minimum atomic E-state index is -0.318. The highest BCUT2D eigenvalue weighted by Gasteiger charge is 2.24. The number of hydrogen-bond donors (Lipinski definition) is 1. The minimum Gasteiger partial charge on any atom is -0.506 e. The molecule has 0 aliphatic heterocycles. The Balaban J connectivity index is 2.68. The summed E-state index contributed by atoms with van der Waals surface area (Å²) in [5, 5.41) is 10.6. The molecule has 1 aromatic heterocycles. The molecule has 1 aromatic carbocycles. The number of aromatic hydroxyl groups is 1. The topological polar surface area (TPSA) is 33.1 Å². The molecular weight excluding hydrogens is 217 g/mol. The number of nitrogens with zero attached hydrogens (tertiary/aromatic N) is 1. The maximum absolute atomic E-state index is 13.1. The van der Waals surface area contributed by atoms with Crippen molar-refractivity contribution in [2.45, 2.75) is 32.6 Å². The summed E-state index contributed by atoms with van der Waals surface area (Å²) >= 11 is 0. The molecule has 0 radical (unpaired) electrons. The molecule has 0 aliphatic carbocycles. The van der Waals surface area contributed by atoms with E-state index in [-0.39, 0.29) is 17.0 Å². The maximum Gasteiger partial charge on any atom is 0.138 e. The van der Waals surface area contributed by atoms with Gasteiger partial charge in [-0.3, -0.25) is 0 Å². The molecule has 0 spiro atoms. The lowest BCUT2D eigenvalue weighted by atomic mass is 9.85. The number of benzene rings is 1. The Morgan fingerprint density at radius 1 is 1.29 bits per heavy atom. The SMILES string of the molecule is CCC(C)(C)c1nc2ccc(F)cc2cc1O. The summed E-state index contributed by atoms with van der Waals surface area (Å²) in [7, 11) is 0. The molecule has 17 heavy (non-hydrogen) atoms. The quantitative estimate of drug-likeness (QED) is 0.856. The molecule has 2 rings (SSSR count).